The Morgan fingerprint density at radius 2 is 2.21 bits per heavy atom. The standard InChI is InChI=1S/C14H14N2O3/c1-11-13(5-9-18-11)14(17)16(7-3-6-15)10-12-4-2-8-19-12/h2,4-5,8-9H,3,7,10H2,1H3. The smallest absolute Gasteiger partial charge is 0.257 e. The molecule has 0 radical (unpaired) electrons. The molecule has 0 aliphatic heterocycles. The van der Waals surface area contributed by atoms with E-state index in [1.165, 1.54) is 6.26 Å². The molecule has 2 aromatic rings. The molecule has 2 rings (SSSR count). The Bertz CT molecular complexity index is 578. The largest absolute Gasteiger partial charge is 0.469 e. The molecule has 2 aromatic heterocycles. The molecule has 0 aliphatic carbocycles. The number of furan rings is 2. The summed E-state index contributed by atoms with van der Waals surface area (Å²) in [5.74, 6) is 1.11. The van der Waals surface area contributed by atoms with Crippen molar-refractivity contribution < 1.29 is 13.6 Å². The second-order valence-corrected chi connectivity index (χ2v) is 4.10. The number of hydrogen-bond donors (Lipinski definition) is 0. The highest BCUT2D eigenvalue weighted by Gasteiger charge is 2.20. The van der Waals surface area contributed by atoms with E-state index in [-0.39, 0.29) is 12.3 Å². The minimum atomic E-state index is -0.155. The average molecular weight is 258 g/mol. The number of rotatable bonds is 5. The Hall–Kier alpha value is -2.48. The van der Waals surface area contributed by atoms with E-state index >= 15 is 0 Å². The van der Waals surface area contributed by atoms with Gasteiger partial charge in [0, 0.05) is 6.54 Å². The van der Waals surface area contributed by atoms with Crippen LogP contribution in [0.25, 0.3) is 0 Å². The van der Waals surface area contributed by atoms with E-state index in [1.54, 1.807) is 36.3 Å². The number of nitriles is 1. The molecule has 1 amide bonds. The molecule has 0 aliphatic rings. The molecule has 19 heavy (non-hydrogen) atoms. The van der Waals surface area contributed by atoms with Crippen LogP contribution in [0.2, 0.25) is 0 Å². The monoisotopic (exact) mass is 258 g/mol. The summed E-state index contributed by atoms with van der Waals surface area (Å²) in [6.07, 6.45) is 3.33. The Balaban J connectivity index is 2.15. The van der Waals surface area contributed by atoms with Crippen molar-refractivity contribution in [3.8, 4) is 6.07 Å². The molecule has 0 saturated carbocycles. The summed E-state index contributed by atoms with van der Waals surface area (Å²) in [5, 5.41) is 8.68. The first kappa shape index (κ1) is 13.0. The quantitative estimate of drug-likeness (QED) is 0.826. The SMILES string of the molecule is Cc1occc1C(=O)N(CCC#N)Cc1ccco1. The molecule has 5 nitrogen and oxygen atoms in total. The lowest BCUT2D eigenvalue weighted by molar-refractivity contribution is 0.0733. The lowest BCUT2D eigenvalue weighted by atomic mass is 10.2. The minimum absolute atomic E-state index is 0.155. The number of carbonyl (C=O) groups is 1. The highest BCUT2D eigenvalue weighted by molar-refractivity contribution is 5.95. The number of hydrogen-bond acceptors (Lipinski definition) is 4. The highest BCUT2D eigenvalue weighted by Crippen LogP contribution is 2.15. The van der Waals surface area contributed by atoms with E-state index in [2.05, 4.69) is 0 Å². The van der Waals surface area contributed by atoms with Crippen molar-refractivity contribution in [2.45, 2.75) is 19.9 Å². The fourth-order valence-electron chi connectivity index (χ4n) is 1.81. The van der Waals surface area contributed by atoms with Crippen LogP contribution < -0.4 is 0 Å². The van der Waals surface area contributed by atoms with Gasteiger partial charge in [0.1, 0.15) is 11.5 Å². The minimum Gasteiger partial charge on any atom is -0.469 e. The third-order valence-corrected chi connectivity index (χ3v) is 2.80. The molecule has 0 aromatic carbocycles. The molecule has 0 spiro atoms. The Kier molecular flexibility index (Phi) is 4.04. The first-order valence-electron chi connectivity index (χ1n) is 5.95. The van der Waals surface area contributed by atoms with Gasteiger partial charge in [0.15, 0.2) is 0 Å². The first-order valence-corrected chi connectivity index (χ1v) is 5.95. The van der Waals surface area contributed by atoms with Crippen LogP contribution in [0.1, 0.15) is 28.3 Å². The van der Waals surface area contributed by atoms with Gasteiger partial charge >= 0.3 is 0 Å². The maximum atomic E-state index is 12.4. The van der Waals surface area contributed by atoms with Gasteiger partial charge in [0.05, 0.1) is 37.1 Å². The molecular formula is C14H14N2O3. The van der Waals surface area contributed by atoms with Gasteiger partial charge in [-0.25, -0.2) is 0 Å². The van der Waals surface area contributed by atoms with Gasteiger partial charge < -0.3 is 13.7 Å². The van der Waals surface area contributed by atoms with E-state index in [9.17, 15) is 4.79 Å². The fourth-order valence-corrected chi connectivity index (χ4v) is 1.81. The summed E-state index contributed by atoms with van der Waals surface area (Å²) < 4.78 is 10.4. The van der Waals surface area contributed by atoms with Gasteiger partial charge in [-0.2, -0.15) is 5.26 Å². The van der Waals surface area contributed by atoms with Crippen molar-refractivity contribution in [1.82, 2.24) is 4.90 Å². The maximum absolute atomic E-state index is 12.4. The van der Waals surface area contributed by atoms with Gasteiger partial charge in [-0.3, -0.25) is 4.79 Å². The molecule has 0 saturated heterocycles. The van der Waals surface area contributed by atoms with E-state index in [1.807, 2.05) is 6.07 Å². The van der Waals surface area contributed by atoms with Crippen LogP contribution in [0.5, 0.6) is 0 Å². The zero-order chi connectivity index (χ0) is 13.7. The van der Waals surface area contributed by atoms with Crippen LogP contribution in [0.3, 0.4) is 0 Å². The normalized spacial score (nSPS) is 10.1. The van der Waals surface area contributed by atoms with Crippen LogP contribution in [-0.2, 0) is 6.54 Å². The molecular weight excluding hydrogens is 244 g/mol. The highest BCUT2D eigenvalue weighted by atomic mass is 16.3. The summed E-state index contributed by atoms with van der Waals surface area (Å²) in [5.41, 5.74) is 0.518. The zero-order valence-corrected chi connectivity index (χ0v) is 10.6. The summed E-state index contributed by atoms with van der Waals surface area (Å²) in [6, 6.07) is 7.25. The van der Waals surface area contributed by atoms with Crippen molar-refractivity contribution >= 4 is 5.91 Å². The van der Waals surface area contributed by atoms with E-state index in [0.29, 0.717) is 30.2 Å². The number of aryl methyl sites for hydroxylation is 1. The van der Waals surface area contributed by atoms with Gasteiger partial charge in [-0.1, -0.05) is 0 Å². The fraction of sp³-hybridized carbons (Fsp3) is 0.286. The summed E-state index contributed by atoms with van der Waals surface area (Å²) in [6.45, 7) is 2.45. The first-order chi connectivity index (χ1) is 9.22. The third kappa shape index (κ3) is 3.05. The second-order valence-electron chi connectivity index (χ2n) is 4.10. The van der Waals surface area contributed by atoms with Crippen molar-refractivity contribution in [3.63, 3.8) is 0 Å². The van der Waals surface area contributed by atoms with Crippen LogP contribution in [0.4, 0.5) is 0 Å². The van der Waals surface area contributed by atoms with Gasteiger partial charge in [0.2, 0.25) is 0 Å². The lowest BCUT2D eigenvalue weighted by Gasteiger charge is -2.20. The van der Waals surface area contributed by atoms with Gasteiger partial charge in [-0.05, 0) is 25.1 Å². The molecule has 0 fully saturated rings. The van der Waals surface area contributed by atoms with E-state index in [0.717, 1.165) is 0 Å². The van der Waals surface area contributed by atoms with Gasteiger partial charge in [-0.15, -0.1) is 0 Å². The topological polar surface area (TPSA) is 70.4 Å². The Morgan fingerprint density at radius 1 is 1.37 bits per heavy atom. The summed E-state index contributed by atoms with van der Waals surface area (Å²) in [7, 11) is 0. The number of carbonyl (C=O) groups excluding carboxylic acids is 1. The third-order valence-electron chi connectivity index (χ3n) is 2.80. The van der Waals surface area contributed by atoms with E-state index < -0.39 is 0 Å². The van der Waals surface area contributed by atoms with Crippen LogP contribution in [0.15, 0.2) is 39.6 Å². The van der Waals surface area contributed by atoms with Crippen LogP contribution >= 0.6 is 0 Å². The molecule has 0 bridgehead atoms. The van der Waals surface area contributed by atoms with Crippen LogP contribution in [-0.4, -0.2) is 17.4 Å². The zero-order valence-electron chi connectivity index (χ0n) is 10.6. The predicted octanol–water partition coefficient (Wildman–Crippen LogP) is 2.74. The van der Waals surface area contributed by atoms with Crippen molar-refractivity contribution in [2.24, 2.45) is 0 Å². The molecule has 98 valence electrons. The molecule has 5 heteroatoms. The number of amides is 1. The molecule has 0 N–H and O–H groups in total. The van der Waals surface area contributed by atoms with Crippen LogP contribution in [0, 0.1) is 18.3 Å². The van der Waals surface area contributed by atoms with Crippen molar-refractivity contribution in [3.05, 3.63) is 47.8 Å². The lowest BCUT2D eigenvalue weighted by Crippen LogP contribution is -2.31. The average Bonchev–Trinajstić information content (AvgIpc) is 3.05. The maximum Gasteiger partial charge on any atom is 0.257 e. The summed E-state index contributed by atoms with van der Waals surface area (Å²) in [4.78, 5) is 14.0. The van der Waals surface area contributed by atoms with Gasteiger partial charge in [0.25, 0.3) is 5.91 Å². The Labute approximate surface area is 111 Å². The van der Waals surface area contributed by atoms with Crippen molar-refractivity contribution in [2.75, 3.05) is 6.54 Å². The van der Waals surface area contributed by atoms with Crippen molar-refractivity contribution in [1.29, 1.82) is 5.26 Å². The molecule has 2 heterocycles. The second kappa shape index (κ2) is 5.91. The summed E-state index contributed by atoms with van der Waals surface area (Å²) >= 11 is 0. The predicted molar refractivity (Wildman–Crippen MR) is 67.1 cm³/mol. The van der Waals surface area contributed by atoms with E-state index in [4.69, 9.17) is 14.1 Å². The molecule has 0 unspecified atom stereocenters. The Morgan fingerprint density at radius 3 is 2.79 bits per heavy atom. The number of nitrogens with zero attached hydrogens (tertiary/aromatic N) is 2. The molecule has 0 atom stereocenters.